The highest BCUT2D eigenvalue weighted by Crippen LogP contribution is 2.14. The lowest BCUT2D eigenvalue weighted by molar-refractivity contribution is -0.122. The molecular weight excluding hydrogens is 300 g/mol. The summed E-state index contributed by atoms with van der Waals surface area (Å²) >= 11 is 0. The van der Waals surface area contributed by atoms with E-state index in [0.717, 1.165) is 6.42 Å². The van der Waals surface area contributed by atoms with E-state index in [2.05, 4.69) is 5.32 Å². The van der Waals surface area contributed by atoms with Gasteiger partial charge in [0.15, 0.2) is 0 Å². The van der Waals surface area contributed by atoms with Crippen molar-refractivity contribution in [3.63, 3.8) is 0 Å². The largest absolute Gasteiger partial charge is 0.353 e. The van der Waals surface area contributed by atoms with E-state index in [-0.39, 0.29) is 11.9 Å². The third kappa shape index (κ3) is 4.81. The third-order valence-electron chi connectivity index (χ3n) is 4.17. The minimum Gasteiger partial charge on any atom is -0.353 e. The van der Waals surface area contributed by atoms with E-state index in [1.54, 1.807) is 0 Å². The summed E-state index contributed by atoms with van der Waals surface area (Å²) in [6.07, 6.45) is 3.80. The van der Waals surface area contributed by atoms with Crippen LogP contribution in [0.5, 0.6) is 0 Å². The maximum Gasteiger partial charge on any atom is 0.220 e. The van der Waals surface area contributed by atoms with Crippen molar-refractivity contribution in [2.24, 2.45) is 0 Å². The Morgan fingerprint density at radius 2 is 1.91 bits per heavy atom. The SMILES string of the molecule is Cc1ccccc1CCC(=O)NC1CCN(S(C)(=O)=O)CC1. The van der Waals surface area contributed by atoms with Gasteiger partial charge in [-0.25, -0.2) is 12.7 Å². The van der Waals surface area contributed by atoms with E-state index in [1.165, 1.54) is 21.7 Å². The number of sulfonamides is 1. The zero-order chi connectivity index (χ0) is 16.2. The van der Waals surface area contributed by atoms with Gasteiger partial charge < -0.3 is 5.32 Å². The van der Waals surface area contributed by atoms with Crippen molar-refractivity contribution < 1.29 is 13.2 Å². The highest BCUT2D eigenvalue weighted by molar-refractivity contribution is 7.88. The fourth-order valence-electron chi connectivity index (χ4n) is 2.77. The summed E-state index contributed by atoms with van der Waals surface area (Å²) in [5.41, 5.74) is 2.40. The number of hydrogen-bond acceptors (Lipinski definition) is 3. The molecule has 1 aliphatic rings. The quantitative estimate of drug-likeness (QED) is 0.892. The zero-order valence-electron chi connectivity index (χ0n) is 13.2. The second-order valence-corrected chi connectivity index (χ2v) is 7.91. The molecular formula is C16H24N2O3S. The van der Waals surface area contributed by atoms with Gasteiger partial charge in [-0.15, -0.1) is 0 Å². The standard InChI is InChI=1S/C16H24N2O3S/c1-13-5-3-4-6-14(13)7-8-16(19)17-15-9-11-18(12-10-15)22(2,20)21/h3-6,15H,7-12H2,1-2H3,(H,17,19). The number of benzene rings is 1. The van der Waals surface area contributed by atoms with Gasteiger partial charge in [-0.05, 0) is 37.3 Å². The molecule has 0 aromatic heterocycles. The van der Waals surface area contributed by atoms with Crippen molar-refractivity contribution in [3.8, 4) is 0 Å². The minimum atomic E-state index is -3.11. The number of carbonyl (C=O) groups is 1. The summed E-state index contributed by atoms with van der Waals surface area (Å²) < 4.78 is 24.4. The van der Waals surface area contributed by atoms with Crippen LogP contribution in [-0.2, 0) is 21.2 Å². The van der Waals surface area contributed by atoms with Crippen LogP contribution in [0.1, 0.15) is 30.4 Å². The molecule has 1 heterocycles. The molecule has 0 saturated carbocycles. The average molecular weight is 324 g/mol. The van der Waals surface area contributed by atoms with Crippen LogP contribution in [0.15, 0.2) is 24.3 Å². The van der Waals surface area contributed by atoms with Gasteiger partial charge in [0.2, 0.25) is 15.9 Å². The molecule has 0 aliphatic carbocycles. The number of rotatable bonds is 5. The molecule has 0 bridgehead atoms. The van der Waals surface area contributed by atoms with Crippen LogP contribution in [0.25, 0.3) is 0 Å². The zero-order valence-corrected chi connectivity index (χ0v) is 14.0. The third-order valence-corrected chi connectivity index (χ3v) is 5.47. The van der Waals surface area contributed by atoms with Crippen LogP contribution in [-0.4, -0.2) is 44.0 Å². The van der Waals surface area contributed by atoms with Crippen LogP contribution < -0.4 is 5.32 Å². The second kappa shape index (κ2) is 7.24. The monoisotopic (exact) mass is 324 g/mol. The molecule has 1 saturated heterocycles. The number of piperidine rings is 1. The number of aryl methyl sites for hydroxylation is 2. The van der Waals surface area contributed by atoms with Gasteiger partial charge in [0.05, 0.1) is 6.26 Å². The summed E-state index contributed by atoms with van der Waals surface area (Å²) in [6, 6.07) is 8.17. The Balaban J connectivity index is 1.76. The first-order valence-electron chi connectivity index (χ1n) is 7.65. The van der Waals surface area contributed by atoms with Crippen LogP contribution >= 0.6 is 0 Å². The Hall–Kier alpha value is -1.40. The smallest absolute Gasteiger partial charge is 0.220 e. The highest BCUT2D eigenvalue weighted by atomic mass is 32.2. The van der Waals surface area contributed by atoms with E-state index in [0.29, 0.717) is 32.4 Å². The van der Waals surface area contributed by atoms with Gasteiger partial charge in [-0.2, -0.15) is 0 Å². The van der Waals surface area contributed by atoms with Gasteiger partial charge in [0.1, 0.15) is 0 Å². The molecule has 22 heavy (non-hydrogen) atoms. The molecule has 6 heteroatoms. The van der Waals surface area contributed by atoms with Crippen molar-refractivity contribution in [3.05, 3.63) is 35.4 Å². The van der Waals surface area contributed by atoms with Crippen LogP contribution in [0.3, 0.4) is 0 Å². The number of hydrogen-bond donors (Lipinski definition) is 1. The first-order chi connectivity index (χ1) is 10.4. The number of amides is 1. The summed E-state index contributed by atoms with van der Waals surface area (Å²) in [6.45, 7) is 3.03. The Labute approximate surface area is 132 Å². The number of carbonyl (C=O) groups excluding carboxylic acids is 1. The van der Waals surface area contributed by atoms with Crippen LogP contribution in [0.4, 0.5) is 0 Å². The lowest BCUT2D eigenvalue weighted by atomic mass is 10.0. The van der Waals surface area contributed by atoms with Gasteiger partial charge in [-0.1, -0.05) is 24.3 Å². The Bertz CT molecular complexity index is 620. The molecule has 1 aromatic carbocycles. The normalized spacial score (nSPS) is 17.4. The van der Waals surface area contributed by atoms with E-state index in [1.807, 2.05) is 31.2 Å². The molecule has 122 valence electrons. The minimum absolute atomic E-state index is 0.0426. The average Bonchev–Trinajstić information content (AvgIpc) is 2.46. The van der Waals surface area contributed by atoms with Crippen molar-refractivity contribution in [2.45, 2.75) is 38.6 Å². The summed E-state index contributed by atoms with van der Waals surface area (Å²) in [5, 5.41) is 3.02. The summed E-state index contributed by atoms with van der Waals surface area (Å²) in [5.74, 6) is 0.0426. The number of nitrogens with one attached hydrogen (secondary N) is 1. The molecule has 1 N–H and O–H groups in total. The Morgan fingerprint density at radius 3 is 2.50 bits per heavy atom. The highest BCUT2D eigenvalue weighted by Gasteiger charge is 2.25. The van der Waals surface area contributed by atoms with Crippen LogP contribution in [0.2, 0.25) is 0 Å². The van der Waals surface area contributed by atoms with Gasteiger partial charge in [0, 0.05) is 25.6 Å². The maximum absolute atomic E-state index is 12.0. The van der Waals surface area contributed by atoms with Gasteiger partial charge in [-0.3, -0.25) is 4.79 Å². The molecule has 1 aliphatic heterocycles. The fraction of sp³-hybridized carbons (Fsp3) is 0.562. The maximum atomic E-state index is 12.0. The van der Waals surface area contributed by atoms with Gasteiger partial charge in [0.25, 0.3) is 0 Å². The van der Waals surface area contributed by atoms with Crippen molar-refractivity contribution in [1.29, 1.82) is 0 Å². The second-order valence-electron chi connectivity index (χ2n) is 5.93. The molecule has 2 rings (SSSR count). The molecule has 1 amide bonds. The molecule has 1 fully saturated rings. The van der Waals surface area contributed by atoms with Crippen molar-refractivity contribution >= 4 is 15.9 Å². The van der Waals surface area contributed by atoms with Crippen molar-refractivity contribution in [1.82, 2.24) is 9.62 Å². The Kier molecular flexibility index (Phi) is 5.58. The molecule has 0 spiro atoms. The van der Waals surface area contributed by atoms with Crippen LogP contribution in [0, 0.1) is 6.92 Å². The van der Waals surface area contributed by atoms with Crippen molar-refractivity contribution in [2.75, 3.05) is 19.3 Å². The lowest BCUT2D eigenvalue weighted by Crippen LogP contribution is -2.46. The lowest BCUT2D eigenvalue weighted by Gasteiger charge is -2.30. The number of nitrogens with zero attached hydrogens (tertiary/aromatic N) is 1. The predicted octanol–water partition coefficient (Wildman–Crippen LogP) is 1.47. The molecule has 0 atom stereocenters. The molecule has 5 nitrogen and oxygen atoms in total. The molecule has 1 aromatic rings. The van der Waals surface area contributed by atoms with Gasteiger partial charge >= 0.3 is 0 Å². The first kappa shape index (κ1) is 17.0. The fourth-order valence-corrected chi connectivity index (χ4v) is 3.64. The summed E-state index contributed by atoms with van der Waals surface area (Å²) in [4.78, 5) is 12.0. The topological polar surface area (TPSA) is 66.5 Å². The van der Waals surface area contributed by atoms with E-state index < -0.39 is 10.0 Å². The van der Waals surface area contributed by atoms with E-state index in [9.17, 15) is 13.2 Å². The Morgan fingerprint density at radius 1 is 1.27 bits per heavy atom. The molecule has 0 radical (unpaired) electrons. The summed E-state index contributed by atoms with van der Waals surface area (Å²) in [7, 11) is -3.11. The van der Waals surface area contributed by atoms with E-state index >= 15 is 0 Å². The molecule has 0 unspecified atom stereocenters. The first-order valence-corrected chi connectivity index (χ1v) is 9.50. The predicted molar refractivity (Wildman–Crippen MR) is 87.1 cm³/mol. The van der Waals surface area contributed by atoms with E-state index in [4.69, 9.17) is 0 Å².